The first-order chi connectivity index (χ1) is 18.3. The second-order valence-electron chi connectivity index (χ2n) is 10.9. The van der Waals surface area contributed by atoms with Crippen LogP contribution in [0.1, 0.15) is 30.9 Å². The highest BCUT2D eigenvalue weighted by molar-refractivity contribution is 6.76. The molecule has 0 unspecified atom stereocenters. The largest absolute Gasteiger partial charge is 0.467 e. The quantitative estimate of drug-likeness (QED) is 0.182. The third-order valence-electron chi connectivity index (χ3n) is 6.70. The topological polar surface area (TPSA) is 106 Å². The Kier molecular flexibility index (Phi) is 9.38. The second-order valence-corrected chi connectivity index (χ2v) is 16.6. The van der Waals surface area contributed by atoms with Crippen LogP contribution in [0.5, 0.6) is 5.75 Å². The third-order valence-corrected chi connectivity index (χ3v) is 8.40. The fraction of sp³-hybridized carbons (Fsp3) is 0.536. The summed E-state index contributed by atoms with van der Waals surface area (Å²) in [5, 5.41) is 13.1. The van der Waals surface area contributed by atoms with Gasteiger partial charge >= 0.3 is 0 Å². The van der Waals surface area contributed by atoms with Gasteiger partial charge in [-0.1, -0.05) is 26.6 Å². The number of hydrogen-bond donors (Lipinski definition) is 1. The number of ether oxygens (including phenoxy) is 3. The first kappa shape index (κ1) is 28.0. The van der Waals surface area contributed by atoms with Gasteiger partial charge in [-0.05, 0) is 61.8 Å². The van der Waals surface area contributed by atoms with Crippen LogP contribution in [-0.4, -0.2) is 69.1 Å². The third kappa shape index (κ3) is 7.32. The number of likely N-dealkylation sites (tertiary alicyclic amines) is 1. The summed E-state index contributed by atoms with van der Waals surface area (Å²) in [6.07, 6.45) is 2.24. The average Bonchev–Trinajstić information content (AvgIpc) is 3.29. The second kappa shape index (κ2) is 12.7. The van der Waals surface area contributed by atoms with E-state index in [1.165, 1.54) is 0 Å². The Bertz CT molecular complexity index is 1270. The molecular formula is C28H39N5O4Si. The summed E-state index contributed by atoms with van der Waals surface area (Å²) in [6, 6.07) is 11.3. The summed E-state index contributed by atoms with van der Waals surface area (Å²) >= 11 is 0. The molecule has 1 fully saturated rings. The van der Waals surface area contributed by atoms with E-state index in [0.29, 0.717) is 53.5 Å². The van der Waals surface area contributed by atoms with Crippen LogP contribution in [0.2, 0.25) is 25.7 Å². The monoisotopic (exact) mass is 537 g/mol. The van der Waals surface area contributed by atoms with Gasteiger partial charge in [-0.25, -0.2) is 4.98 Å². The van der Waals surface area contributed by atoms with E-state index in [1.807, 2.05) is 18.2 Å². The molecule has 3 aromatic rings. The smallest absolute Gasteiger partial charge is 0.297 e. The number of methoxy groups -OCH3 is 1. The van der Waals surface area contributed by atoms with Gasteiger partial charge in [0.15, 0.2) is 12.4 Å². The predicted octanol–water partition coefficient (Wildman–Crippen LogP) is 5.50. The number of oxazole rings is 1. The predicted molar refractivity (Wildman–Crippen MR) is 151 cm³/mol. The van der Waals surface area contributed by atoms with Gasteiger partial charge in [-0.2, -0.15) is 10.2 Å². The zero-order chi connectivity index (χ0) is 27.1. The van der Waals surface area contributed by atoms with Crippen LogP contribution in [0.4, 0.5) is 6.01 Å². The summed E-state index contributed by atoms with van der Waals surface area (Å²) in [5.41, 5.74) is 3.84. The normalized spacial score (nSPS) is 16.5. The van der Waals surface area contributed by atoms with Crippen LogP contribution in [0.15, 0.2) is 28.7 Å². The van der Waals surface area contributed by atoms with E-state index in [2.05, 4.69) is 47.8 Å². The van der Waals surface area contributed by atoms with Crippen molar-refractivity contribution in [3.8, 4) is 23.1 Å². The van der Waals surface area contributed by atoms with E-state index >= 15 is 0 Å². The molecule has 1 N–H and O–H groups in total. The number of benzene rings is 1. The van der Waals surface area contributed by atoms with Gasteiger partial charge in [0.25, 0.3) is 6.01 Å². The summed E-state index contributed by atoms with van der Waals surface area (Å²) < 4.78 is 23.3. The highest BCUT2D eigenvalue weighted by Crippen LogP contribution is 2.36. The SMILES string of the molecule is CCN1CCC[C@@H](Nc2nc3nc(-c4c(COC)cc(C#N)cc4OCOCC[Si](C)(C)C)ccc3o2)C1. The maximum atomic E-state index is 9.61. The number of nitriles is 1. The fourth-order valence-electron chi connectivity index (χ4n) is 4.61. The molecule has 0 radical (unpaired) electrons. The standard InChI is InChI=1S/C28H39N5O4Si/c1-6-33-11-7-8-22(17-33)30-28-32-27-24(37-28)10-9-23(31-27)26-21(18-34-2)14-20(16-29)15-25(26)36-19-35-12-13-38(3,4)5/h9-10,14-15,22H,6-8,11-13,17-19H2,1-5H3,(H,30,31,32)/t22-/m1/s1. The lowest BCUT2D eigenvalue weighted by molar-refractivity contribution is 0.0222. The van der Waals surface area contributed by atoms with E-state index in [-0.39, 0.29) is 6.79 Å². The van der Waals surface area contributed by atoms with Gasteiger partial charge in [-0.3, -0.25) is 0 Å². The van der Waals surface area contributed by atoms with E-state index in [4.69, 9.17) is 23.6 Å². The van der Waals surface area contributed by atoms with Crippen molar-refractivity contribution in [1.29, 1.82) is 5.26 Å². The van der Waals surface area contributed by atoms with Gasteiger partial charge in [0.05, 0.1) is 23.9 Å². The number of piperidine rings is 1. The van der Waals surface area contributed by atoms with Crippen LogP contribution < -0.4 is 10.1 Å². The van der Waals surface area contributed by atoms with Crippen molar-refractivity contribution in [2.24, 2.45) is 0 Å². The molecule has 0 amide bonds. The van der Waals surface area contributed by atoms with Crippen molar-refractivity contribution < 1.29 is 18.6 Å². The van der Waals surface area contributed by atoms with Gasteiger partial charge in [0, 0.05) is 39.9 Å². The van der Waals surface area contributed by atoms with Gasteiger partial charge in [0.2, 0.25) is 5.65 Å². The van der Waals surface area contributed by atoms with Crippen molar-refractivity contribution in [1.82, 2.24) is 14.9 Å². The highest BCUT2D eigenvalue weighted by atomic mass is 28.3. The van der Waals surface area contributed by atoms with Crippen LogP contribution >= 0.6 is 0 Å². The van der Waals surface area contributed by atoms with Crippen LogP contribution in [0.25, 0.3) is 22.5 Å². The number of hydrogen-bond acceptors (Lipinski definition) is 9. The molecule has 9 nitrogen and oxygen atoms in total. The number of nitrogens with one attached hydrogen (secondary N) is 1. The molecular weight excluding hydrogens is 498 g/mol. The van der Waals surface area contributed by atoms with Crippen molar-refractivity contribution in [2.75, 3.05) is 45.5 Å². The number of anilines is 1. The van der Waals surface area contributed by atoms with Crippen molar-refractivity contribution in [3.63, 3.8) is 0 Å². The number of rotatable bonds is 12. The molecule has 3 heterocycles. The maximum absolute atomic E-state index is 9.61. The molecule has 0 saturated carbocycles. The molecule has 1 aromatic carbocycles. The Morgan fingerprint density at radius 1 is 1.24 bits per heavy atom. The highest BCUT2D eigenvalue weighted by Gasteiger charge is 2.22. The zero-order valence-corrected chi connectivity index (χ0v) is 24.2. The summed E-state index contributed by atoms with van der Waals surface area (Å²) in [7, 11) is 0.423. The summed E-state index contributed by atoms with van der Waals surface area (Å²) in [4.78, 5) is 11.9. The van der Waals surface area contributed by atoms with E-state index in [9.17, 15) is 5.26 Å². The molecule has 1 aliphatic rings. The molecule has 4 rings (SSSR count). The minimum Gasteiger partial charge on any atom is -0.467 e. The molecule has 10 heteroatoms. The van der Waals surface area contributed by atoms with E-state index < -0.39 is 8.07 Å². The molecule has 2 aromatic heterocycles. The number of likely N-dealkylation sites (N-methyl/N-ethyl adjacent to an activating group) is 1. The Morgan fingerprint density at radius 3 is 2.82 bits per heavy atom. The van der Waals surface area contributed by atoms with Crippen molar-refractivity contribution >= 4 is 25.3 Å². The number of aromatic nitrogens is 2. The number of pyridine rings is 1. The molecule has 0 spiro atoms. The van der Waals surface area contributed by atoms with Crippen LogP contribution in [0.3, 0.4) is 0 Å². The Hall–Kier alpha value is -2.97. The minimum atomic E-state index is -1.20. The first-order valence-corrected chi connectivity index (χ1v) is 17.0. The molecule has 1 saturated heterocycles. The lowest BCUT2D eigenvalue weighted by atomic mass is 10.00. The lowest BCUT2D eigenvalue weighted by Gasteiger charge is -2.31. The molecule has 0 aliphatic carbocycles. The minimum absolute atomic E-state index is 0.0925. The fourth-order valence-corrected chi connectivity index (χ4v) is 5.37. The number of nitrogens with zero attached hydrogens (tertiary/aromatic N) is 4. The number of fused-ring (bicyclic) bond motifs is 1. The van der Waals surface area contributed by atoms with E-state index in [1.54, 1.807) is 13.2 Å². The van der Waals surface area contributed by atoms with Crippen molar-refractivity contribution in [2.45, 2.75) is 58.1 Å². The Balaban J connectivity index is 1.59. The van der Waals surface area contributed by atoms with Gasteiger partial charge in [0.1, 0.15) is 5.75 Å². The molecule has 204 valence electrons. The maximum Gasteiger partial charge on any atom is 0.297 e. The molecule has 1 aliphatic heterocycles. The molecule has 0 bridgehead atoms. The Morgan fingerprint density at radius 2 is 2.08 bits per heavy atom. The van der Waals surface area contributed by atoms with Crippen LogP contribution in [-0.2, 0) is 16.1 Å². The zero-order valence-electron chi connectivity index (χ0n) is 23.2. The summed E-state index contributed by atoms with van der Waals surface area (Å²) in [6.45, 7) is 13.3. The van der Waals surface area contributed by atoms with Gasteiger partial charge in [-0.15, -0.1) is 0 Å². The lowest BCUT2D eigenvalue weighted by Crippen LogP contribution is -2.41. The first-order valence-electron chi connectivity index (χ1n) is 13.3. The van der Waals surface area contributed by atoms with Crippen molar-refractivity contribution in [3.05, 3.63) is 35.4 Å². The average molecular weight is 538 g/mol. The summed E-state index contributed by atoms with van der Waals surface area (Å²) in [5.74, 6) is 0.527. The Labute approximate surface area is 226 Å². The molecule has 1 atom stereocenters. The van der Waals surface area contributed by atoms with Gasteiger partial charge < -0.3 is 28.8 Å². The molecule has 38 heavy (non-hydrogen) atoms. The van der Waals surface area contributed by atoms with Crippen LogP contribution in [0, 0.1) is 11.3 Å². The van der Waals surface area contributed by atoms with E-state index in [0.717, 1.165) is 49.6 Å².